The number of carbonyl (C=O) groups excluding carboxylic acids is 1. The molecule has 1 aromatic rings. The van der Waals surface area contributed by atoms with E-state index in [1.165, 1.54) is 0 Å². The zero-order valence-corrected chi connectivity index (χ0v) is 13.1. The minimum Gasteiger partial charge on any atom is -0.479 e. The first-order valence-corrected chi connectivity index (χ1v) is 7.67. The van der Waals surface area contributed by atoms with Crippen LogP contribution in [-0.4, -0.2) is 29.6 Å². The van der Waals surface area contributed by atoms with Crippen molar-refractivity contribution in [3.63, 3.8) is 0 Å². The fraction of sp³-hybridized carbons (Fsp3) is 0.625. The van der Waals surface area contributed by atoms with Gasteiger partial charge in [-0.25, -0.2) is 0 Å². The maximum absolute atomic E-state index is 11.8. The zero-order chi connectivity index (χ0) is 15.2. The minimum absolute atomic E-state index is 0.0554. The van der Waals surface area contributed by atoms with E-state index in [0.29, 0.717) is 17.7 Å². The lowest BCUT2D eigenvalue weighted by molar-refractivity contribution is -0.127. The van der Waals surface area contributed by atoms with Gasteiger partial charge < -0.3 is 15.4 Å². The molecule has 0 spiro atoms. The molecule has 1 saturated carbocycles. The van der Waals surface area contributed by atoms with Crippen molar-refractivity contribution < 1.29 is 9.53 Å². The summed E-state index contributed by atoms with van der Waals surface area (Å²) in [4.78, 5) is 16.1. The highest BCUT2D eigenvalue weighted by molar-refractivity contribution is 5.81. The summed E-state index contributed by atoms with van der Waals surface area (Å²) in [6.07, 6.45) is 3.35. The highest BCUT2D eigenvalue weighted by atomic mass is 16.5. The van der Waals surface area contributed by atoms with Crippen LogP contribution in [0.5, 0.6) is 5.75 Å². The second-order valence-corrected chi connectivity index (χ2v) is 6.05. The van der Waals surface area contributed by atoms with E-state index >= 15 is 0 Å². The minimum atomic E-state index is -0.489. The van der Waals surface area contributed by atoms with Crippen LogP contribution in [0.4, 0.5) is 0 Å². The molecule has 1 aromatic heterocycles. The molecule has 0 aliphatic heterocycles. The molecular formula is C16H25N3O2. The fourth-order valence-corrected chi connectivity index (χ4v) is 1.88. The van der Waals surface area contributed by atoms with Gasteiger partial charge in [0.25, 0.3) is 5.91 Å². The summed E-state index contributed by atoms with van der Waals surface area (Å²) in [7, 11) is 0. The Hall–Kier alpha value is -1.62. The third kappa shape index (κ3) is 5.71. The molecule has 1 unspecified atom stereocenters. The second-order valence-electron chi connectivity index (χ2n) is 6.05. The Morgan fingerprint density at radius 2 is 2.14 bits per heavy atom. The van der Waals surface area contributed by atoms with Gasteiger partial charge in [0.2, 0.25) is 0 Å². The quantitative estimate of drug-likeness (QED) is 0.767. The molecule has 0 radical (unpaired) electrons. The van der Waals surface area contributed by atoms with E-state index < -0.39 is 6.10 Å². The van der Waals surface area contributed by atoms with E-state index in [1.54, 1.807) is 13.1 Å². The molecule has 5 nitrogen and oxygen atoms in total. The molecule has 1 aliphatic rings. The summed E-state index contributed by atoms with van der Waals surface area (Å²) in [5, 5.41) is 6.27. The summed E-state index contributed by atoms with van der Waals surface area (Å²) >= 11 is 0. The maximum Gasteiger partial charge on any atom is 0.260 e. The van der Waals surface area contributed by atoms with Crippen LogP contribution in [0.2, 0.25) is 0 Å². The molecule has 1 aliphatic carbocycles. The van der Waals surface area contributed by atoms with E-state index in [4.69, 9.17) is 4.74 Å². The van der Waals surface area contributed by atoms with Crippen LogP contribution >= 0.6 is 0 Å². The molecule has 0 bridgehead atoms. The van der Waals surface area contributed by atoms with Crippen molar-refractivity contribution in [2.45, 2.75) is 52.3 Å². The van der Waals surface area contributed by atoms with Gasteiger partial charge in [-0.15, -0.1) is 0 Å². The Kier molecular flexibility index (Phi) is 5.56. The molecule has 0 aromatic carbocycles. The highest BCUT2D eigenvalue weighted by Gasteiger charge is 2.26. The van der Waals surface area contributed by atoms with Crippen LogP contribution in [0.25, 0.3) is 0 Å². The predicted octanol–water partition coefficient (Wildman–Crippen LogP) is 1.87. The second kappa shape index (κ2) is 7.41. The molecule has 5 heteroatoms. The summed E-state index contributed by atoms with van der Waals surface area (Å²) in [5.41, 5.74) is 0.970. The SMILES string of the molecule is CC(C)CNCc1ccc(OC(C)C(=O)NC2CC2)cn1. The van der Waals surface area contributed by atoms with Crippen molar-refractivity contribution in [3.8, 4) is 5.75 Å². The number of carbonyl (C=O) groups is 1. The molecule has 116 valence electrons. The number of hydrogen-bond acceptors (Lipinski definition) is 4. The molecule has 0 saturated heterocycles. The van der Waals surface area contributed by atoms with Gasteiger partial charge in [-0.2, -0.15) is 0 Å². The number of aromatic nitrogens is 1. The van der Waals surface area contributed by atoms with Crippen LogP contribution in [0.3, 0.4) is 0 Å². The van der Waals surface area contributed by atoms with Crippen LogP contribution in [-0.2, 0) is 11.3 Å². The highest BCUT2D eigenvalue weighted by Crippen LogP contribution is 2.19. The van der Waals surface area contributed by atoms with Gasteiger partial charge in [0, 0.05) is 12.6 Å². The number of ether oxygens (including phenoxy) is 1. The lowest BCUT2D eigenvalue weighted by atomic mass is 10.2. The summed E-state index contributed by atoms with van der Waals surface area (Å²) in [6, 6.07) is 4.14. The predicted molar refractivity (Wildman–Crippen MR) is 82.0 cm³/mol. The van der Waals surface area contributed by atoms with Gasteiger partial charge >= 0.3 is 0 Å². The number of rotatable bonds is 8. The van der Waals surface area contributed by atoms with Gasteiger partial charge in [0.15, 0.2) is 6.10 Å². The van der Waals surface area contributed by atoms with Gasteiger partial charge in [-0.1, -0.05) is 13.8 Å². The molecule has 1 fully saturated rings. The van der Waals surface area contributed by atoms with Crippen LogP contribution < -0.4 is 15.4 Å². The van der Waals surface area contributed by atoms with Crippen LogP contribution in [0.1, 0.15) is 39.3 Å². The zero-order valence-electron chi connectivity index (χ0n) is 13.1. The smallest absolute Gasteiger partial charge is 0.260 e. The number of amides is 1. The summed E-state index contributed by atoms with van der Waals surface area (Å²) in [6.45, 7) is 7.82. The molecule has 2 N–H and O–H groups in total. The Morgan fingerprint density at radius 1 is 1.38 bits per heavy atom. The van der Waals surface area contributed by atoms with E-state index in [2.05, 4.69) is 29.5 Å². The first kappa shape index (κ1) is 15.8. The first-order valence-electron chi connectivity index (χ1n) is 7.67. The molecule has 1 atom stereocenters. The van der Waals surface area contributed by atoms with E-state index in [-0.39, 0.29) is 5.91 Å². The van der Waals surface area contributed by atoms with Gasteiger partial charge in [0.1, 0.15) is 5.75 Å². The van der Waals surface area contributed by atoms with E-state index in [1.807, 2.05) is 12.1 Å². The molecule has 1 amide bonds. The Labute approximate surface area is 126 Å². The number of nitrogens with zero attached hydrogens (tertiary/aromatic N) is 1. The van der Waals surface area contributed by atoms with Crippen molar-refractivity contribution in [2.75, 3.05) is 6.54 Å². The number of nitrogens with one attached hydrogen (secondary N) is 2. The average molecular weight is 291 g/mol. The van der Waals surface area contributed by atoms with Gasteiger partial charge in [0.05, 0.1) is 11.9 Å². The standard InChI is InChI=1S/C16H25N3O2/c1-11(2)8-17-9-14-6-7-15(10-18-14)21-12(3)16(20)19-13-4-5-13/h6-7,10-13,17H,4-5,8-9H2,1-3H3,(H,19,20). The van der Waals surface area contributed by atoms with Crippen molar-refractivity contribution >= 4 is 5.91 Å². The lowest BCUT2D eigenvalue weighted by Crippen LogP contribution is -2.37. The average Bonchev–Trinajstić information content (AvgIpc) is 3.24. The van der Waals surface area contributed by atoms with Crippen molar-refractivity contribution in [1.82, 2.24) is 15.6 Å². The Bertz CT molecular complexity index is 455. The summed E-state index contributed by atoms with van der Waals surface area (Å²) < 4.78 is 5.61. The van der Waals surface area contributed by atoms with Crippen molar-refractivity contribution in [3.05, 3.63) is 24.0 Å². The van der Waals surface area contributed by atoms with Gasteiger partial charge in [-0.05, 0) is 44.4 Å². The van der Waals surface area contributed by atoms with Crippen molar-refractivity contribution in [2.24, 2.45) is 5.92 Å². The molecule has 21 heavy (non-hydrogen) atoms. The topological polar surface area (TPSA) is 63.2 Å². The van der Waals surface area contributed by atoms with E-state index in [9.17, 15) is 4.79 Å². The Balaban J connectivity index is 1.76. The number of hydrogen-bond donors (Lipinski definition) is 2. The van der Waals surface area contributed by atoms with Crippen LogP contribution in [0.15, 0.2) is 18.3 Å². The summed E-state index contributed by atoms with van der Waals surface area (Å²) in [5.74, 6) is 1.19. The monoisotopic (exact) mass is 291 g/mol. The largest absolute Gasteiger partial charge is 0.479 e. The molecular weight excluding hydrogens is 266 g/mol. The normalized spacial score (nSPS) is 15.8. The number of pyridine rings is 1. The molecule has 1 heterocycles. The van der Waals surface area contributed by atoms with Crippen molar-refractivity contribution in [1.29, 1.82) is 0 Å². The fourth-order valence-electron chi connectivity index (χ4n) is 1.88. The van der Waals surface area contributed by atoms with E-state index in [0.717, 1.165) is 31.6 Å². The third-order valence-electron chi connectivity index (χ3n) is 3.26. The maximum atomic E-state index is 11.8. The third-order valence-corrected chi connectivity index (χ3v) is 3.26. The molecule has 2 rings (SSSR count). The van der Waals surface area contributed by atoms with Gasteiger partial charge in [-0.3, -0.25) is 9.78 Å². The van der Waals surface area contributed by atoms with Crippen LogP contribution in [0, 0.1) is 5.92 Å². The lowest BCUT2D eigenvalue weighted by Gasteiger charge is -2.14. The first-order chi connectivity index (χ1) is 10.0. The Morgan fingerprint density at radius 3 is 2.71 bits per heavy atom.